The van der Waals surface area contributed by atoms with E-state index in [-0.39, 0.29) is 4.83 Å². The summed E-state index contributed by atoms with van der Waals surface area (Å²) in [5.74, 6) is 0.745. The summed E-state index contributed by atoms with van der Waals surface area (Å²) in [6.45, 7) is 0. The van der Waals surface area contributed by atoms with Crippen LogP contribution < -0.4 is 4.74 Å². The van der Waals surface area contributed by atoms with Gasteiger partial charge in [0.05, 0.1) is 17.0 Å². The lowest BCUT2D eigenvalue weighted by Gasteiger charge is -2.14. The number of halogens is 4. The molecule has 2 rings (SSSR count). The molecule has 0 heterocycles. The van der Waals surface area contributed by atoms with E-state index < -0.39 is 0 Å². The van der Waals surface area contributed by atoms with Gasteiger partial charge in [0, 0.05) is 8.59 Å². The van der Waals surface area contributed by atoms with Crippen molar-refractivity contribution in [2.75, 3.05) is 7.11 Å². The molecule has 100 valence electrons. The highest BCUT2D eigenvalue weighted by Crippen LogP contribution is 2.38. The number of benzene rings is 2. The van der Waals surface area contributed by atoms with E-state index in [1.807, 2.05) is 30.3 Å². The van der Waals surface area contributed by atoms with Crippen LogP contribution in [-0.4, -0.2) is 7.11 Å². The van der Waals surface area contributed by atoms with E-state index in [1.54, 1.807) is 13.2 Å². The fraction of sp³-hybridized carbons (Fsp3) is 0.143. The van der Waals surface area contributed by atoms with Gasteiger partial charge in [-0.2, -0.15) is 0 Å². The van der Waals surface area contributed by atoms with Gasteiger partial charge < -0.3 is 4.74 Å². The van der Waals surface area contributed by atoms with E-state index in [0.717, 1.165) is 25.5 Å². The van der Waals surface area contributed by atoms with Crippen molar-refractivity contribution < 1.29 is 4.74 Å². The van der Waals surface area contributed by atoms with E-state index in [2.05, 4.69) is 38.5 Å². The van der Waals surface area contributed by atoms with Crippen LogP contribution in [0, 0.1) is 3.57 Å². The molecule has 1 unspecified atom stereocenters. The maximum Gasteiger partial charge on any atom is 0.120 e. The number of rotatable bonds is 3. The van der Waals surface area contributed by atoms with Crippen LogP contribution in [0.3, 0.4) is 0 Å². The van der Waals surface area contributed by atoms with Gasteiger partial charge in [0.15, 0.2) is 0 Å². The Hall–Kier alpha value is 0.0300. The molecule has 0 fully saturated rings. The second-order valence-electron chi connectivity index (χ2n) is 3.92. The number of hydrogen-bond acceptors (Lipinski definition) is 1. The second-order valence-corrected chi connectivity index (χ2v) is 6.82. The van der Waals surface area contributed by atoms with E-state index in [9.17, 15) is 0 Å². The summed E-state index contributed by atoms with van der Waals surface area (Å²) in [5.41, 5.74) is 2.05. The summed E-state index contributed by atoms with van der Waals surface area (Å²) in [5, 5.41) is 1.41. The zero-order valence-corrected chi connectivity index (χ0v) is 15.2. The summed E-state index contributed by atoms with van der Waals surface area (Å²) < 4.78 is 6.18. The number of methoxy groups -OCH3 is 1. The summed E-state index contributed by atoms with van der Waals surface area (Å²) in [6.07, 6.45) is 0. The van der Waals surface area contributed by atoms with Crippen molar-refractivity contribution in [3.8, 4) is 5.75 Å². The minimum atomic E-state index is 0.000376. The van der Waals surface area contributed by atoms with Gasteiger partial charge in [-0.15, -0.1) is 0 Å². The molecule has 2 aromatic carbocycles. The lowest BCUT2D eigenvalue weighted by molar-refractivity contribution is 0.414. The minimum absolute atomic E-state index is 0.000376. The Bertz CT molecular complexity index is 604. The molecule has 0 aliphatic heterocycles. The van der Waals surface area contributed by atoms with Crippen molar-refractivity contribution in [3.05, 3.63) is 61.1 Å². The first kappa shape index (κ1) is 15.4. The fourth-order valence-corrected chi connectivity index (χ4v) is 3.31. The highest BCUT2D eigenvalue weighted by atomic mass is 127. The zero-order chi connectivity index (χ0) is 14.0. The molecule has 0 saturated carbocycles. The van der Waals surface area contributed by atoms with Crippen molar-refractivity contribution in [3.63, 3.8) is 0 Å². The van der Waals surface area contributed by atoms with Gasteiger partial charge in [0.2, 0.25) is 0 Å². The molecule has 0 spiro atoms. The first-order valence-corrected chi connectivity index (χ1v) is 8.20. The fourth-order valence-electron chi connectivity index (χ4n) is 1.69. The van der Waals surface area contributed by atoms with Crippen LogP contribution in [0.15, 0.2) is 36.4 Å². The molecule has 0 saturated heterocycles. The van der Waals surface area contributed by atoms with Crippen molar-refractivity contribution in [1.29, 1.82) is 0 Å². The van der Waals surface area contributed by atoms with Gasteiger partial charge in [0.1, 0.15) is 5.75 Å². The molecule has 19 heavy (non-hydrogen) atoms. The first-order chi connectivity index (χ1) is 9.02. The monoisotopic (exact) mass is 470 g/mol. The van der Waals surface area contributed by atoms with Crippen molar-refractivity contribution in [1.82, 2.24) is 0 Å². The third-order valence-electron chi connectivity index (χ3n) is 2.72. The van der Waals surface area contributed by atoms with Gasteiger partial charge in [-0.1, -0.05) is 51.3 Å². The highest BCUT2D eigenvalue weighted by molar-refractivity contribution is 14.1. The molecular formula is C14H10BrCl2IO. The zero-order valence-electron chi connectivity index (χ0n) is 9.96. The van der Waals surface area contributed by atoms with Gasteiger partial charge in [0.25, 0.3) is 0 Å². The average Bonchev–Trinajstić information content (AvgIpc) is 2.41. The van der Waals surface area contributed by atoms with E-state index in [4.69, 9.17) is 27.9 Å². The molecule has 0 aliphatic rings. The molecule has 2 aromatic rings. The predicted octanol–water partition coefficient (Wildman–Crippen LogP) is 6.09. The van der Waals surface area contributed by atoms with E-state index in [0.29, 0.717) is 5.02 Å². The Morgan fingerprint density at radius 2 is 1.84 bits per heavy atom. The topological polar surface area (TPSA) is 9.23 Å². The maximum absolute atomic E-state index is 6.28. The number of ether oxygens (including phenoxy) is 1. The third kappa shape index (κ3) is 3.57. The number of alkyl halides is 1. The quantitative estimate of drug-likeness (QED) is 0.389. The van der Waals surface area contributed by atoms with Crippen molar-refractivity contribution in [2.24, 2.45) is 0 Å². The number of hydrogen-bond donors (Lipinski definition) is 0. The smallest absolute Gasteiger partial charge is 0.120 e. The van der Waals surface area contributed by atoms with Crippen LogP contribution in [0.25, 0.3) is 0 Å². The van der Waals surface area contributed by atoms with Crippen LogP contribution in [-0.2, 0) is 0 Å². The lowest BCUT2D eigenvalue weighted by atomic mass is 10.0. The second kappa shape index (κ2) is 6.66. The molecule has 0 radical (unpaired) electrons. The van der Waals surface area contributed by atoms with Crippen molar-refractivity contribution >= 4 is 61.7 Å². The van der Waals surface area contributed by atoms with Crippen LogP contribution in [0.4, 0.5) is 0 Å². The van der Waals surface area contributed by atoms with Crippen LogP contribution in [0.1, 0.15) is 16.0 Å². The van der Waals surface area contributed by atoms with E-state index >= 15 is 0 Å². The Morgan fingerprint density at radius 3 is 2.42 bits per heavy atom. The summed E-state index contributed by atoms with van der Waals surface area (Å²) >= 11 is 18.3. The molecule has 0 N–H and O–H groups in total. The standard InChI is InChI=1S/C14H10BrCl2IO/c1-19-9-3-4-10(11(16)7-9)14(15)8-2-5-13(18)12(17)6-8/h2-7,14H,1H3. The summed E-state index contributed by atoms with van der Waals surface area (Å²) in [6, 6.07) is 11.6. The van der Waals surface area contributed by atoms with Crippen LogP contribution in [0.5, 0.6) is 5.75 Å². The van der Waals surface area contributed by atoms with Crippen molar-refractivity contribution in [2.45, 2.75) is 4.83 Å². The molecule has 0 aliphatic carbocycles. The van der Waals surface area contributed by atoms with Gasteiger partial charge in [-0.3, -0.25) is 0 Å². The van der Waals surface area contributed by atoms with Crippen LogP contribution in [0.2, 0.25) is 10.0 Å². The molecule has 0 bridgehead atoms. The summed E-state index contributed by atoms with van der Waals surface area (Å²) in [4.78, 5) is 0.000376. The van der Waals surface area contributed by atoms with Gasteiger partial charge in [-0.25, -0.2) is 0 Å². The van der Waals surface area contributed by atoms with Crippen LogP contribution >= 0.6 is 61.7 Å². The molecule has 0 aromatic heterocycles. The largest absolute Gasteiger partial charge is 0.497 e. The molecule has 5 heteroatoms. The SMILES string of the molecule is COc1ccc(C(Br)c2ccc(I)c(Cl)c2)c(Cl)c1. The first-order valence-electron chi connectivity index (χ1n) is 5.45. The molecule has 0 amide bonds. The Morgan fingerprint density at radius 1 is 1.11 bits per heavy atom. The lowest BCUT2D eigenvalue weighted by Crippen LogP contribution is -1.95. The highest BCUT2D eigenvalue weighted by Gasteiger charge is 2.15. The predicted molar refractivity (Wildman–Crippen MR) is 92.9 cm³/mol. The Labute approximate surface area is 144 Å². The normalized spacial score (nSPS) is 12.3. The third-order valence-corrected chi connectivity index (χ3v) is 5.64. The molecule has 1 nitrogen and oxygen atoms in total. The van der Waals surface area contributed by atoms with E-state index in [1.165, 1.54) is 0 Å². The maximum atomic E-state index is 6.28. The molecule has 1 atom stereocenters. The van der Waals surface area contributed by atoms with Gasteiger partial charge in [-0.05, 0) is 58.0 Å². The average molecular weight is 472 g/mol. The van der Waals surface area contributed by atoms with Gasteiger partial charge >= 0.3 is 0 Å². The Balaban J connectivity index is 2.38. The Kier molecular flexibility index (Phi) is 5.40. The minimum Gasteiger partial charge on any atom is -0.497 e. The summed E-state index contributed by atoms with van der Waals surface area (Å²) in [7, 11) is 1.62. The molecular weight excluding hydrogens is 462 g/mol.